The summed E-state index contributed by atoms with van der Waals surface area (Å²) in [4.78, 5) is 52.7. The van der Waals surface area contributed by atoms with Crippen molar-refractivity contribution in [1.82, 2.24) is 15.1 Å². The van der Waals surface area contributed by atoms with Crippen LogP contribution in [0.1, 0.15) is 51.6 Å². The lowest BCUT2D eigenvalue weighted by Gasteiger charge is -2.18. The minimum Gasteiger partial charge on any atom is -0.496 e. The van der Waals surface area contributed by atoms with Crippen LogP contribution in [0.4, 0.5) is 4.79 Å². The second-order valence-electron chi connectivity index (χ2n) is 9.84. The first-order chi connectivity index (χ1) is 19.9. The normalized spacial score (nSPS) is 14.7. The first-order valence-corrected chi connectivity index (χ1v) is 13.5. The number of methoxy groups -OCH3 is 1. The van der Waals surface area contributed by atoms with E-state index in [1.807, 2.05) is 12.1 Å². The molecule has 10 heteroatoms. The van der Waals surface area contributed by atoms with Gasteiger partial charge in [-0.15, -0.1) is 0 Å². The van der Waals surface area contributed by atoms with E-state index in [4.69, 9.17) is 14.2 Å². The van der Waals surface area contributed by atoms with Gasteiger partial charge in [0.2, 0.25) is 0 Å². The highest BCUT2D eigenvalue weighted by molar-refractivity contribution is 6.02. The third-order valence-electron chi connectivity index (χ3n) is 6.84. The Morgan fingerprint density at radius 1 is 0.927 bits per heavy atom. The second-order valence-corrected chi connectivity index (χ2v) is 9.84. The van der Waals surface area contributed by atoms with Crippen molar-refractivity contribution >= 4 is 23.8 Å². The molecule has 3 aromatic carbocycles. The molecule has 1 N–H and O–H groups in total. The van der Waals surface area contributed by atoms with Gasteiger partial charge < -0.3 is 24.4 Å². The summed E-state index contributed by atoms with van der Waals surface area (Å²) >= 11 is 0. The molecule has 10 nitrogen and oxygen atoms in total. The lowest BCUT2D eigenvalue weighted by molar-refractivity contribution is -0.125. The van der Waals surface area contributed by atoms with E-state index < -0.39 is 0 Å². The van der Waals surface area contributed by atoms with Crippen molar-refractivity contribution in [2.45, 2.75) is 38.9 Å². The first kappa shape index (κ1) is 27.7. The summed E-state index contributed by atoms with van der Waals surface area (Å²) in [7, 11) is 1.49. The largest absolute Gasteiger partial charge is 0.496 e. The SMILES string of the molecule is CCOC(=O)c1ccc(Oc2ccc(CNC(=O)c3cc(CN4CC(=O)N(C5CC5)C4=O)ccc3OC)cc2)cc1. The predicted molar refractivity (Wildman–Crippen MR) is 149 cm³/mol. The van der Waals surface area contributed by atoms with Crippen molar-refractivity contribution in [1.29, 1.82) is 0 Å². The van der Waals surface area contributed by atoms with Crippen LogP contribution in [0.15, 0.2) is 66.7 Å². The van der Waals surface area contributed by atoms with E-state index in [-0.39, 0.29) is 49.5 Å². The standard InChI is InChI=1S/C31H31N3O7/c1-3-40-30(37)22-7-13-25(14-8-22)41-24-11-4-20(5-12-24)17-32-29(36)26-16-21(6-15-27(26)39-2)18-33-19-28(35)34(31(33)38)23-9-10-23/h4-8,11-16,23H,3,9-10,17-19H2,1-2H3,(H,32,36). The van der Waals surface area contributed by atoms with Crippen molar-refractivity contribution in [3.63, 3.8) is 0 Å². The Bertz CT molecular complexity index is 1450. The summed E-state index contributed by atoms with van der Waals surface area (Å²) in [5.41, 5.74) is 2.38. The highest BCUT2D eigenvalue weighted by Gasteiger charge is 2.44. The van der Waals surface area contributed by atoms with Crippen molar-refractivity contribution in [3.05, 3.63) is 89.0 Å². The molecule has 0 spiro atoms. The molecular formula is C31H31N3O7. The summed E-state index contributed by atoms with van der Waals surface area (Å²) in [6.45, 7) is 2.61. The number of nitrogens with zero attached hydrogens (tertiary/aromatic N) is 2. The van der Waals surface area contributed by atoms with Gasteiger partial charge in [0.25, 0.3) is 11.8 Å². The molecule has 0 aromatic heterocycles. The van der Waals surface area contributed by atoms with Crippen LogP contribution >= 0.6 is 0 Å². The smallest absolute Gasteiger partial charge is 0.338 e. The molecule has 5 rings (SSSR count). The Hall–Kier alpha value is -4.86. The number of esters is 1. The van der Waals surface area contributed by atoms with E-state index in [9.17, 15) is 19.2 Å². The number of ether oxygens (including phenoxy) is 3. The van der Waals surface area contributed by atoms with Gasteiger partial charge in [-0.2, -0.15) is 0 Å². The lowest BCUT2D eigenvalue weighted by Crippen LogP contribution is -2.34. The predicted octanol–water partition coefficient (Wildman–Crippen LogP) is 4.52. The second kappa shape index (κ2) is 12.1. The van der Waals surface area contributed by atoms with Crippen LogP contribution in [-0.4, -0.2) is 59.9 Å². The zero-order valence-corrected chi connectivity index (χ0v) is 22.9. The van der Waals surface area contributed by atoms with Crippen LogP contribution < -0.4 is 14.8 Å². The highest BCUT2D eigenvalue weighted by Crippen LogP contribution is 2.31. The molecule has 2 aliphatic rings. The maximum Gasteiger partial charge on any atom is 0.338 e. The molecule has 0 bridgehead atoms. The number of nitrogens with one attached hydrogen (secondary N) is 1. The Labute approximate surface area is 237 Å². The van der Waals surface area contributed by atoms with Gasteiger partial charge in [0.15, 0.2) is 0 Å². The topological polar surface area (TPSA) is 114 Å². The van der Waals surface area contributed by atoms with Crippen LogP contribution in [0.5, 0.6) is 17.2 Å². The van der Waals surface area contributed by atoms with Gasteiger partial charge in [-0.3, -0.25) is 14.5 Å². The van der Waals surface area contributed by atoms with Crippen LogP contribution in [0, 0.1) is 0 Å². The number of carbonyl (C=O) groups is 4. The third-order valence-corrected chi connectivity index (χ3v) is 6.84. The van der Waals surface area contributed by atoms with Gasteiger partial charge in [0.1, 0.15) is 23.8 Å². The number of rotatable bonds is 11. The fourth-order valence-corrected chi connectivity index (χ4v) is 4.60. The van der Waals surface area contributed by atoms with Gasteiger partial charge in [-0.1, -0.05) is 18.2 Å². The van der Waals surface area contributed by atoms with E-state index >= 15 is 0 Å². The van der Waals surface area contributed by atoms with E-state index in [0.717, 1.165) is 24.0 Å². The first-order valence-electron chi connectivity index (χ1n) is 13.5. The van der Waals surface area contributed by atoms with Crippen LogP contribution in [0.25, 0.3) is 0 Å². The Morgan fingerprint density at radius 2 is 1.59 bits per heavy atom. The quantitative estimate of drug-likeness (QED) is 0.272. The van der Waals surface area contributed by atoms with Crippen LogP contribution in [0.2, 0.25) is 0 Å². The van der Waals surface area contributed by atoms with E-state index in [1.54, 1.807) is 61.5 Å². The van der Waals surface area contributed by atoms with Crippen LogP contribution in [0.3, 0.4) is 0 Å². The monoisotopic (exact) mass is 557 g/mol. The molecule has 0 atom stereocenters. The minimum atomic E-state index is -0.381. The number of amides is 4. The molecule has 0 unspecified atom stereocenters. The average Bonchev–Trinajstić information content (AvgIpc) is 3.77. The molecule has 0 radical (unpaired) electrons. The molecule has 1 heterocycles. The maximum atomic E-state index is 13.1. The van der Waals surface area contributed by atoms with Crippen molar-refractivity contribution in [3.8, 4) is 17.2 Å². The zero-order chi connectivity index (χ0) is 28.9. The van der Waals surface area contributed by atoms with E-state index in [2.05, 4.69) is 5.32 Å². The number of hydrogen-bond donors (Lipinski definition) is 1. The Balaban J connectivity index is 1.17. The summed E-state index contributed by atoms with van der Waals surface area (Å²) < 4.78 is 16.2. The fourth-order valence-electron chi connectivity index (χ4n) is 4.60. The van der Waals surface area contributed by atoms with Gasteiger partial charge in [-0.25, -0.2) is 9.59 Å². The molecule has 212 valence electrons. The number of urea groups is 1. The number of hydrogen-bond acceptors (Lipinski definition) is 7. The molecule has 41 heavy (non-hydrogen) atoms. The summed E-state index contributed by atoms with van der Waals surface area (Å²) in [5.74, 6) is 0.710. The van der Waals surface area contributed by atoms with Crippen LogP contribution in [-0.2, 0) is 22.6 Å². The molecule has 1 aliphatic heterocycles. The fraction of sp³-hybridized carbons (Fsp3) is 0.290. The van der Waals surface area contributed by atoms with Gasteiger partial charge in [0.05, 0.1) is 24.8 Å². The van der Waals surface area contributed by atoms with E-state index in [1.165, 1.54) is 16.9 Å². The summed E-state index contributed by atoms with van der Waals surface area (Å²) in [6, 6.07) is 18.9. The van der Waals surface area contributed by atoms with Crippen molar-refractivity contribution < 1.29 is 33.4 Å². The Morgan fingerprint density at radius 3 is 2.22 bits per heavy atom. The molecular weight excluding hydrogens is 526 g/mol. The summed E-state index contributed by atoms with van der Waals surface area (Å²) in [6.07, 6.45) is 1.72. The molecule has 2 fully saturated rings. The maximum absolute atomic E-state index is 13.1. The van der Waals surface area contributed by atoms with Gasteiger partial charge >= 0.3 is 12.0 Å². The van der Waals surface area contributed by atoms with Crippen molar-refractivity contribution in [2.24, 2.45) is 0 Å². The number of benzene rings is 3. The molecule has 1 aliphatic carbocycles. The van der Waals surface area contributed by atoms with Gasteiger partial charge in [0, 0.05) is 19.1 Å². The molecule has 1 saturated heterocycles. The number of carbonyl (C=O) groups excluding carboxylic acids is 4. The molecule has 1 saturated carbocycles. The molecule has 3 aromatic rings. The van der Waals surface area contributed by atoms with Gasteiger partial charge in [-0.05, 0) is 79.4 Å². The lowest BCUT2D eigenvalue weighted by atomic mass is 10.1. The zero-order valence-electron chi connectivity index (χ0n) is 22.9. The Kier molecular flexibility index (Phi) is 8.19. The average molecular weight is 558 g/mol. The highest BCUT2D eigenvalue weighted by atomic mass is 16.5. The third kappa shape index (κ3) is 6.49. The van der Waals surface area contributed by atoms with Crippen molar-refractivity contribution in [2.75, 3.05) is 20.3 Å². The number of imide groups is 1. The van der Waals surface area contributed by atoms with E-state index in [0.29, 0.717) is 35.0 Å². The summed E-state index contributed by atoms with van der Waals surface area (Å²) in [5, 5.41) is 2.91. The molecule has 4 amide bonds. The minimum absolute atomic E-state index is 0.0298.